The first kappa shape index (κ1) is 18.7. The van der Waals surface area contributed by atoms with E-state index in [1.54, 1.807) is 34.7 Å². The molecule has 1 saturated heterocycles. The number of carbonyl (C=O) groups is 2. The predicted molar refractivity (Wildman–Crippen MR) is 102 cm³/mol. The van der Waals surface area contributed by atoms with E-state index in [1.165, 1.54) is 16.6 Å². The fourth-order valence-corrected chi connectivity index (χ4v) is 4.18. The first-order chi connectivity index (χ1) is 12.7. The highest BCUT2D eigenvalue weighted by Gasteiger charge is 2.23. The van der Waals surface area contributed by atoms with Crippen LogP contribution in [0.15, 0.2) is 36.0 Å². The van der Waals surface area contributed by atoms with Crippen molar-refractivity contribution in [1.82, 2.24) is 14.9 Å². The summed E-state index contributed by atoms with van der Waals surface area (Å²) in [5.41, 5.74) is 0. The molecular formula is C17H20N4O3S2. The summed E-state index contributed by atoms with van der Waals surface area (Å²) in [6, 6.07) is 5.80. The maximum absolute atomic E-state index is 12.2. The van der Waals surface area contributed by atoms with E-state index in [1.807, 2.05) is 22.4 Å². The molecule has 1 fully saturated rings. The highest BCUT2D eigenvalue weighted by molar-refractivity contribution is 7.99. The van der Waals surface area contributed by atoms with Crippen LogP contribution in [0.2, 0.25) is 0 Å². The quantitative estimate of drug-likeness (QED) is 0.664. The van der Waals surface area contributed by atoms with Crippen LogP contribution < -0.4 is 4.90 Å². The van der Waals surface area contributed by atoms with E-state index in [2.05, 4.69) is 9.97 Å². The Hall–Kier alpha value is -2.13. The summed E-state index contributed by atoms with van der Waals surface area (Å²) in [6.45, 7) is 2.28. The Kier molecular flexibility index (Phi) is 6.84. The van der Waals surface area contributed by atoms with Crippen molar-refractivity contribution in [2.45, 2.75) is 5.75 Å². The Morgan fingerprint density at radius 3 is 2.62 bits per heavy atom. The Morgan fingerprint density at radius 2 is 1.92 bits per heavy atom. The van der Waals surface area contributed by atoms with Gasteiger partial charge in [-0.1, -0.05) is 6.07 Å². The average molecular weight is 393 g/mol. The first-order valence-electron chi connectivity index (χ1n) is 8.28. The molecule has 3 rings (SSSR count). The van der Waals surface area contributed by atoms with Crippen molar-refractivity contribution in [2.75, 3.05) is 43.4 Å². The van der Waals surface area contributed by atoms with Crippen LogP contribution in [0.25, 0.3) is 0 Å². The Morgan fingerprint density at radius 1 is 1.15 bits per heavy atom. The van der Waals surface area contributed by atoms with Crippen molar-refractivity contribution in [2.24, 2.45) is 0 Å². The zero-order valence-corrected chi connectivity index (χ0v) is 15.9. The van der Waals surface area contributed by atoms with Crippen molar-refractivity contribution in [3.8, 4) is 0 Å². The second-order valence-corrected chi connectivity index (χ2v) is 7.67. The minimum absolute atomic E-state index is 0.157. The molecule has 0 aromatic carbocycles. The van der Waals surface area contributed by atoms with E-state index in [-0.39, 0.29) is 24.2 Å². The molecule has 1 aliphatic heterocycles. The molecule has 3 heterocycles. The van der Waals surface area contributed by atoms with Crippen molar-refractivity contribution < 1.29 is 14.3 Å². The molecule has 2 aromatic heterocycles. The minimum atomic E-state index is -0.351. The summed E-state index contributed by atoms with van der Waals surface area (Å²) in [7, 11) is 0. The third kappa shape index (κ3) is 5.43. The van der Waals surface area contributed by atoms with Crippen molar-refractivity contribution in [3.05, 3.63) is 40.8 Å². The molecule has 2 aromatic rings. The number of rotatable bonds is 7. The fraction of sp³-hybridized carbons (Fsp3) is 0.412. The number of carbonyl (C=O) groups excluding carboxylic acids is 2. The molecule has 0 bridgehead atoms. The van der Waals surface area contributed by atoms with Crippen LogP contribution in [0.5, 0.6) is 0 Å². The van der Waals surface area contributed by atoms with Gasteiger partial charge in [-0.25, -0.2) is 9.97 Å². The van der Waals surface area contributed by atoms with Gasteiger partial charge in [-0.05, 0) is 17.5 Å². The van der Waals surface area contributed by atoms with Gasteiger partial charge in [-0.3, -0.25) is 9.59 Å². The lowest BCUT2D eigenvalue weighted by molar-refractivity contribution is -0.150. The Labute approximate surface area is 160 Å². The van der Waals surface area contributed by atoms with Gasteiger partial charge in [0.05, 0.1) is 5.75 Å². The van der Waals surface area contributed by atoms with Crippen molar-refractivity contribution in [1.29, 1.82) is 0 Å². The number of esters is 1. The van der Waals surface area contributed by atoms with E-state index >= 15 is 0 Å². The van der Waals surface area contributed by atoms with Gasteiger partial charge in [-0.15, -0.1) is 23.1 Å². The number of ether oxygens (including phenoxy) is 1. The number of amides is 1. The van der Waals surface area contributed by atoms with E-state index < -0.39 is 0 Å². The highest BCUT2D eigenvalue weighted by atomic mass is 32.2. The second-order valence-electron chi connectivity index (χ2n) is 5.65. The summed E-state index contributed by atoms with van der Waals surface area (Å²) in [6.07, 6.45) is 3.41. The molecule has 0 radical (unpaired) electrons. The number of piperazine rings is 1. The number of anilines is 1. The van der Waals surface area contributed by atoms with Gasteiger partial charge in [0.15, 0.2) is 6.61 Å². The highest BCUT2D eigenvalue weighted by Crippen LogP contribution is 2.17. The molecule has 0 atom stereocenters. The fourth-order valence-electron chi connectivity index (χ4n) is 2.52. The molecule has 26 heavy (non-hydrogen) atoms. The van der Waals surface area contributed by atoms with E-state index in [0.717, 1.165) is 5.75 Å². The number of aromatic nitrogens is 2. The van der Waals surface area contributed by atoms with E-state index in [9.17, 15) is 9.59 Å². The molecule has 0 saturated carbocycles. The van der Waals surface area contributed by atoms with Gasteiger partial charge < -0.3 is 14.5 Å². The summed E-state index contributed by atoms with van der Waals surface area (Å²) in [4.78, 5) is 37.4. The Bertz CT molecular complexity index is 704. The van der Waals surface area contributed by atoms with Gasteiger partial charge in [0.25, 0.3) is 5.91 Å². The predicted octanol–water partition coefficient (Wildman–Crippen LogP) is 1.66. The topological polar surface area (TPSA) is 75.6 Å². The molecule has 0 N–H and O–H groups in total. The summed E-state index contributed by atoms with van der Waals surface area (Å²) in [5.74, 6) is 1.20. The summed E-state index contributed by atoms with van der Waals surface area (Å²) < 4.78 is 5.10. The van der Waals surface area contributed by atoms with Crippen LogP contribution in [0.1, 0.15) is 4.88 Å². The number of thiophene rings is 1. The molecule has 7 nitrogen and oxygen atoms in total. The molecule has 0 spiro atoms. The van der Waals surface area contributed by atoms with Gasteiger partial charge in [0.1, 0.15) is 0 Å². The van der Waals surface area contributed by atoms with E-state index in [4.69, 9.17) is 4.74 Å². The zero-order chi connectivity index (χ0) is 18.2. The minimum Gasteiger partial charge on any atom is -0.455 e. The summed E-state index contributed by atoms with van der Waals surface area (Å²) in [5, 5.41) is 2.01. The average Bonchev–Trinajstić information content (AvgIpc) is 3.20. The number of thioether (sulfide) groups is 1. The zero-order valence-electron chi connectivity index (χ0n) is 14.2. The largest absolute Gasteiger partial charge is 0.455 e. The van der Waals surface area contributed by atoms with Crippen LogP contribution in [-0.2, 0) is 20.1 Å². The van der Waals surface area contributed by atoms with Gasteiger partial charge in [0, 0.05) is 49.2 Å². The van der Waals surface area contributed by atoms with Crippen LogP contribution in [0.3, 0.4) is 0 Å². The smallest absolute Gasteiger partial charge is 0.316 e. The number of hydrogen-bond donors (Lipinski definition) is 0. The number of hydrogen-bond acceptors (Lipinski definition) is 8. The third-order valence-corrected chi connectivity index (χ3v) is 5.88. The third-order valence-electron chi connectivity index (χ3n) is 3.87. The maximum Gasteiger partial charge on any atom is 0.316 e. The molecule has 1 aliphatic rings. The van der Waals surface area contributed by atoms with Crippen LogP contribution >= 0.6 is 23.1 Å². The van der Waals surface area contributed by atoms with Crippen LogP contribution in [-0.4, -0.2) is 65.3 Å². The second kappa shape index (κ2) is 9.54. The van der Waals surface area contributed by atoms with Crippen LogP contribution in [0.4, 0.5) is 5.95 Å². The molecule has 9 heteroatoms. The molecule has 138 valence electrons. The first-order valence-corrected chi connectivity index (χ1v) is 10.3. The van der Waals surface area contributed by atoms with E-state index in [0.29, 0.717) is 32.1 Å². The van der Waals surface area contributed by atoms with Gasteiger partial charge in [0.2, 0.25) is 5.95 Å². The van der Waals surface area contributed by atoms with Crippen molar-refractivity contribution in [3.63, 3.8) is 0 Å². The van der Waals surface area contributed by atoms with Gasteiger partial charge >= 0.3 is 5.97 Å². The van der Waals surface area contributed by atoms with Crippen LogP contribution in [0, 0.1) is 0 Å². The number of nitrogens with zero attached hydrogens (tertiary/aromatic N) is 4. The molecular weight excluding hydrogens is 372 g/mol. The molecule has 0 unspecified atom stereocenters. The maximum atomic E-state index is 12.2. The lowest BCUT2D eigenvalue weighted by Crippen LogP contribution is -2.50. The Balaban J connectivity index is 1.33. The molecule has 1 amide bonds. The van der Waals surface area contributed by atoms with Gasteiger partial charge in [-0.2, -0.15) is 0 Å². The van der Waals surface area contributed by atoms with Crippen molar-refractivity contribution >= 4 is 40.9 Å². The molecule has 0 aliphatic carbocycles. The summed E-state index contributed by atoms with van der Waals surface area (Å²) >= 11 is 3.16. The lowest BCUT2D eigenvalue weighted by Gasteiger charge is -2.34. The normalized spacial score (nSPS) is 14.3. The monoisotopic (exact) mass is 392 g/mol. The SMILES string of the molecule is O=C(CSCc1cccs1)OCC(=O)N1CCN(c2ncccn2)CC1. The standard InChI is InChI=1S/C17H20N4O3S2/c22-15(11-24-16(23)13-25-12-14-3-1-10-26-14)20-6-8-21(9-7-20)17-18-4-2-5-19-17/h1-5,10H,6-9,11-13H2. The lowest BCUT2D eigenvalue weighted by atomic mass is 10.3.